The second-order valence-corrected chi connectivity index (χ2v) is 8.31. The Morgan fingerprint density at radius 1 is 1.00 bits per heavy atom. The van der Waals surface area contributed by atoms with E-state index in [1.807, 2.05) is 37.3 Å². The van der Waals surface area contributed by atoms with Gasteiger partial charge in [-0.25, -0.2) is 8.42 Å². The maximum Gasteiger partial charge on any atom is 0.235 e. The molecule has 1 aromatic heterocycles. The minimum Gasteiger partial charge on any atom is -0.457 e. The van der Waals surface area contributed by atoms with Crippen molar-refractivity contribution in [1.29, 1.82) is 0 Å². The van der Waals surface area contributed by atoms with Crippen LogP contribution in [0.3, 0.4) is 0 Å². The molecular weight excluding hydrogens is 360 g/mol. The van der Waals surface area contributed by atoms with E-state index in [0.717, 1.165) is 16.9 Å². The first-order valence-corrected chi connectivity index (χ1v) is 10.3. The summed E-state index contributed by atoms with van der Waals surface area (Å²) in [6.45, 7) is 3.86. The first kappa shape index (κ1) is 18.9. The fourth-order valence-corrected chi connectivity index (χ4v) is 3.74. The number of rotatable bonds is 7. The molecule has 27 heavy (non-hydrogen) atoms. The van der Waals surface area contributed by atoms with Crippen molar-refractivity contribution in [3.63, 3.8) is 0 Å². The van der Waals surface area contributed by atoms with Crippen LogP contribution in [0, 0.1) is 6.92 Å². The maximum absolute atomic E-state index is 12.6. The van der Waals surface area contributed by atoms with Gasteiger partial charge in [0.05, 0.1) is 18.0 Å². The zero-order valence-corrected chi connectivity index (χ0v) is 16.2. The fourth-order valence-electron chi connectivity index (χ4n) is 2.64. The van der Waals surface area contributed by atoms with Crippen molar-refractivity contribution < 1.29 is 13.2 Å². The molecule has 140 valence electrons. The lowest BCUT2D eigenvalue weighted by Crippen LogP contribution is -2.31. The highest BCUT2D eigenvalue weighted by molar-refractivity contribution is 7.92. The summed E-state index contributed by atoms with van der Waals surface area (Å²) in [7, 11) is -3.43. The normalized spacial score (nSPS) is 11.2. The van der Waals surface area contributed by atoms with Crippen LogP contribution in [0.25, 0.3) is 0 Å². The molecule has 0 atom stereocenters. The zero-order valence-electron chi connectivity index (χ0n) is 15.4. The summed E-state index contributed by atoms with van der Waals surface area (Å²) in [4.78, 5) is 4.07. The van der Waals surface area contributed by atoms with Gasteiger partial charge >= 0.3 is 0 Å². The summed E-state index contributed by atoms with van der Waals surface area (Å²) in [5.74, 6) is 1.45. The van der Waals surface area contributed by atoms with Crippen LogP contribution in [-0.2, 0) is 16.6 Å². The molecule has 2 aromatic carbocycles. The molecule has 0 saturated carbocycles. The molecule has 0 bridgehead atoms. The Kier molecular flexibility index (Phi) is 5.76. The van der Waals surface area contributed by atoms with Gasteiger partial charge in [0.25, 0.3) is 0 Å². The largest absolute Gasteiger partial charge is 0.457 e. The quantitative estimate of drug-likeness (QED) is 0.602. The maximum atomic E-state index is 12.6. The van der Waals surface area contributed by atoms with Gasteiger partial charge in [-0.05, 0) is 61.4 Å². The van der Waals surface area contributed by atoms with Crippen molar-refractivity contribution in [3.05, 3.63) is 84.2 Å². The Balaban J connectivity index is 1.86. The van der Waals surface area contributed by atoms with Gasteiger partial charge in [0.1, 0.15) is 11.5 Å². The molecule has 0 aliphatic rings. The minimum absolute atomic E-state index is 0.0225. The summed E-state index contributed by atoms with van der Waals surface area (Å²) in [6.07, 6.45) is 3.34. The van der Waals surface area contributed by atoms with Gasteiger partial charge in [-0.15, -0.1) is 0 Å². The van der Waals surface area contributed by atoms with E-state index >= 15 is 0 Å². The predicted octanol–water partition coefficient (Wildman–Crippen LogP) is 4.54. The van der Waals surface area contributed by atoms with Gasteiger partial charge < -0.3 is 4.74 Å². The van der Waals surface area contributed by atoms with Crippen molar-refractivity contribution >= 4 is 15.7 Å². The van der Waals surface area contributed by atoms with E-state index < -0.39 is 10.0 Å². The molecular formula is C21H22N2O3S. The standard InChI is InChI=1S/C21H22N2O3S/c1-3-27(24,25)23(16-18-8-6-14-22-15-18)19-10-12-20(13-11-19)26-21-9-5-4-7-17(21)2/h4-15H,3,16H2,1-2H3. The van der Waals surface area contributed by atoms with Crippen LogP contribution in [0.4, 0.5) is 5.69 Å². The van der Waals surface area contributed by atoms with Crippen LogP contribution < -0.4 is 9.04 Å². The number of anilines is 1. The van der Waals surface area contributed by atoms with Crippen LogP contribution in [0.5, 0.6) is 11.5 Å². The number of ether oxygens (including phenoxy) is 1. The Morgan fingerprint density at radius 3 is 2.37 bits per heavy atom. The van der Waals surface area contributed by atoms with Gasteiger partial charge in [-0.2, -0.15) is 0 Å². The number of para-hydroxylation sites is 1. The van der Waals surface area contributed by atoms with Crippen molar-refractivity contribution in [3.8, 4) is 11.5 Å². The van der Waals surface area contributed by atoms with E-state index in [1.165, 1.54) is 4.31 Å². The zero-order chi connectivity index (χ0) is 19.3. The van der Waals surface area contributed by atoms with Gasteiger partial charge in [0.2, 0.25) is 10.0 Å². The topological polar surface area (TPSA) is 59.5 Å². The molecule has 6 heteroatoms. The summed E-state index contributed by atoms with van der Waals surface area (Å²) >= 11 is 0. The summed E-state index contributed by atoms with van der Waals surface area (Å²) in [5, 5.41) is 0. The van der Waals surface area contributed by atoms with Crippen molar-refractivity contribution in [2.75, 3.05) is 10.1 Å². The summed E-state index contributed by atoms with van der Waals surface area (Å²) < 4.78 is 32.5. The number of hydrogen-bond acceptors (Lipinski definition) is 4. The Bertz CT molecular complexity index is 987. The number of aromatic nitrogens is 1. The summed E-state index contributed by atoms with van der Waals surface area (Å²) in [5.41, 5.74) is 2.46. The molecule has 0 aliphatic heterocycles. The van der Waals surface area contributed by atoms with E-state index in [2.05, 4.69) is 4.98 Å². The molecule has 0 fully saturated rings. The first-order valence-electron chi connectivity index (χ1n) is 8.72. The minimum atomic E-state index is -3.43. The Morgan fingerprint density at radius 2 is 1.74 bits per heavy atom. The molecule has 0 saturated heterocycles. The fraction of sp³-hybridized carbons (Fsp3) is 0.190. The molecule has 0 aliphatic carbocycles. The first-order chi connectivity index (χ1) is 13.0. The lowest BCUT2D eigenvalue weighted by atomic mass is 10.2. The lowest BCUT2D eigenvalue weighted by molar-refractivity contribution is 0.479. The van der Waals surface area contributed by atoms with E-state index in [9.17, 15) is 8.42 Å². The van der Waals surface area contributed by atoms with Crippen LogP contribution >= 0.6 is 0 Å². The molecule has 0 amide bonds. The predicted molar refractivity (Wildman–Crippen MR) is 108 cm³/mol. The van der Waals surface area contributed by atoms with Gasteiger partial charge in [-0.3, -0.25) is 9.29 Å². The second-order valence-electron chi connectivity index (χ2n) is 6.13. The third-order valence-corrected chi connectivity index (χ3v) is 5.94. The van der Waals surface area contributed by atoms with E-state index in [0.29, 0.717) is 11.4 Å². The van der Waals surface area contributed by atoms with E-state index in [1.54, 1.807) is 49.6 Å². The second kappa shape index (κ2) is 8.22. The highest BCUT2D eigenvalue weighted by atomic mass is 32.2. The van der Waals surface area contributed by atoms with Crippen LogP contribution in [0.2, 0.25) is 0 Å². The number of hydrogen-bond donors (Lipinski definition) is 0. The van der Waals surface area contributed by atoms with E-state index in [-0.39, 0.29) is 12.3 Å². The smallest absolute Gasteiger partial charge is 0.235 e. The monoisotopic (exact) mass is 382 g/mol. The van der Waals surface area contributed by atoms with Crippen molar-refractivity contribution in [1.82, 2.24) is 4.98 Å². The van der Waals surface area contributed by atoms with Crippen molar-refractivity contribution in [2.45, 2.75) is 20.4 Å². The molecule has 0 spiro atoms. The molecule has 0 radical (unpaired) electrons. The number of pyridine rings is 1. The number of sulfonamides is 1. The molecule has 5 nitrogen and oxygen atoms in total. The van der Waals surface area contributed by atoms with E-state index in [4.69, 9.17) is 4.74 Å². The molecule has 1 heterocycles. The average Bonchev–Trinajstić information content (AvgIpc) is 2.69. The Labute approximate surface area is 160 Å². The van der Waals surface area contributed by atoms with Gasteiger partial charge in [0, 0.05) is 12.4 Å². The number of aryl methyl sites for hydroxylation is 1. The van der Waals surface area contributed by atoms with Crippen LogP contribution in [-0.4, -0.2) is 19.2 Å². The van der Waals surface area contributed by atoms with Gasteiger partial charge in [-0.1, -0.05) is 24.3 Å². The SMILES string of the molecule is CCS(=O)(=O)N(Cc1cccnc1)c1ccc(Oc2ccccc2C)cc1. The third-order valence-electron chi connectivity index (χ3n) is 4.20. The van der Waals surface area contributed by atoms with Crippen LogP contribution in [0.15, 0.2) is 73.1 Å². The lowest BCUT2D eigenvalue weighted by Gasteiger charge is -2.24. The average molecular weight is 382 g/mol. The molecule has 3 aromatic rings. The van der Waals surface area contributed by atoms with Crippen LogP contribution in [0.1, 0.15) is 18.1 Å². The molecule has 0 unspecified atom stereocenters. The molecule has 0 N–H and O–H groups in total. The summed E-state index contributed by atoms with van der Waals surface area (Å²) in [6, 6.07) is 18.5. The number of benzene rings is 2. The number of nitrogens with zero attached hydrogens (tertiary/aromatic N) is 2. The molecule has 3 rings (SSSR count). The van der Waals surface area contributed by atoms with Crippen molar-refractivity contribution in [2.24, 2.45) is 0 Å². The highest BCUT2D eigenvalue weighted by Crippen LogP contribution is 2.28. The Hall–Kier alpha value is -2.86. The third kappa shape index (κ3) is 4.65. The van der Waals surface area contributed by atoms with Gasteiger partial charge in [0.15, 0.2) is 0 Å². The highest BCUT2D eigenvalue weighted by Gasteiger charge is 2.21.